The van der Waals surface area contributed by atoms with Crippen molar-refractivity contribution in [1.29, 1.82) is 0 Å². The molecule has 0 fully saturated rings. The predicted molar refractivity (Wildman–Crippen MR) is 74.3 cm³/mol. The summed E-state index contributed by atoms with van der Waals surface area (Å²) in [5, 5.41) is 11.3. The molecule has 20 heavy (non-hydrogen) atoms. The summed E-state index contributed by atoms with van der Waals surface area (Å²) in [6, 6.07) is 8.39. The largest absolute Gasteiger partial charge is 0.424 e. The van der Waals surface area contributed by atoms with Crippen molar-refractivity contribution in [2.75, 3.05) is 11.9 Å². The van der Waals surface area contributed by atoms with E-state index in [1.54, 1.807) is 6.33 Å². The molecular weight excluding hydrogens is 254 g/mol. The van der Waals surface area contributed by atoms with Crippen LogP contribution >= 0.6 is 0 Å². The molecule has 1 aromatic carbocycles. The molecular formula is C14H15N5O. The summed E-state index contributed by atoms with van der Waals surface area (Å²) in [6.07, 6.45) is 3.91. The van der Waals surface area contributed by atoms with Crippen LogP contribution in [0.25, 0.3) is 11.1 Å². The third-order valence-electron chi connectivity index (χ3n) is 3.76. The van der Waals surface area contributed by atoms with Crippen LogP contribution in [-0.4, -0.2) is 26.3 Å². The molecule has 0 amide bonds. The topological polar surface area (TPSA) is 68.8 Å². The second kappa shape index (κ2) is 4.63. The number of rotatable bonds is 3. The normalized spacial score (nSPS) is 18.1. The minimum absolute atomic E-state index is 0.550. The van der Waals surface area contributed by atoms with Crippen LogP contribution in [0.2, 0.25) is 0 Å². The van der Waals surface area contributed by atoms with Crippen molar-refractivity contribution in [3.05, 3.63) is 36.4 Å². The van der Waals surface area contributed by atoms with Gasteiger partial charge in [0.1, 0.15) is 17.7 Å². The van der Waals surface area contributed by atoms with E-state index in [4.69, 9.17) is 4.42 Å². The first-order valence-corrected chi connectivity index (χ1v) is 6.84. The molecule has 3 heterocycles. The first kappa shape index (κ1) is 11.5. The van der Waals surface area contributed by atoms with Gasteiger partial charge in [0, 0.05) is 19.5 Å². The Morgan fingerprint density at radius 1 is 1.35 bits per heavy atom. The Balaban J connectivity index is 1.43. The van der Waals surface area contributed by atoms with Crippen LogP contribution in [0.15, 0.2) is 35.0 Å². The highest BCUT2D eigenvalue weighted by Crippen LogP contribution is 2.21. The standard InChI is InChI=1S/C14H15N5O/c1-2-4-12-11(3-1)17-14(20-12)15-7-10-5-6-13-18-16-9-19(13)8-10/h1-4,9-10H,5-8H2,(H,15,17). The van der Waals surface area contributed by atoms with Crippen molar-refractivity contribution >= 4 is 17.1 Å². The highest BCUT2D eigenvalue weighted by Gasteiger charge is 2.19. The summed E-state index contributed by atoms with van der Waals surface area (Å²) in [7, 11) is 0. The molecule has 1 atom stereocenters. The lowest BCUT2D eigenvalue weighted by Crippen LogP contribution is -2.25. The molecule has 1 unspecified atom stereocenters. The van der Waals surface area contributed by atoms with Gasteiger partial charge >= 0.3 is 0 Å². The number of fused-ring (bicyclic) bond motifs is 2. The Morgan fingerprint density at radius 3 is 3.25 bits per heavy atom. The molecule has 6 nitrogen and oxygen atoms in total. The monoisotopic (exact) mass is 269 g/mol. The molecule has 0 aliphatic carbocycles. The van der Waals surface area contributed by atoms with Crippen LogP contribution in [0.3, 0.4) is 0 Å². The fraction of sp³-hybridized carbons (Fsp3) is 0.357. The molecule has 2 aromatic heterocycles. The maximum Gasteiger partial charge on any atom is 0.295 e. The van der Waals surface area contributed by atoms with Crippen molar-refractivity contribution < 1.29 is 4.42 Å². The quantitative estimate of drug-likeness (QED) is 0.788. The zero-order valence-electron chi connectivity index (χ0n) is 11.0. The van der Waals surface area contributed by atoms with E-state index in [2.05, 4.69) is 25.1 Å². The van der Waals surface area contributed by atoms with Gasteiger partial charge in [-0.15, -0.1) is 10.2 Å². The van der Waals surface area contributed by atoms with Crippen molar-refractivity contribution in [2.45, 2.75) is 19.4 Å². The van der Waals surface area contributed by atoms with Crippen molar-refractivity contribution in [2.24, 2.45) is 5.92 Å². The molecule has 0 spiro atoms. The lowest BCUT2D eigenvalue weighted by Gasteiger charge is -2.22. The molecule has 6 heteroatoms. The summed E-state index contributed by atoms with van der Waals surface area (Å²) in [4.78, 5) is 4.42. The first-order chi connectivity index (χ1) is 9.88. The van der Waals surface area contributed by atoms with Gasteiger partial charge in [0.05, 0.1) is 0 Å². The number of anilines is 1. The van der Waals surface area contributed by atoms with E-state index in [0.29, 0.717) is 11.9 Å². The maximum absolute atomic E-state index is 5.66. The fourth-order valence-corrected chi connectivity index (χ4v) is 2.67. The summed E-state index contributed by atoms with van der Waals surface area (Å²) < 4.78 is 7.79. The number of oxazole rings is 1. The van der Waals surface area contributed by atoms with Gasteiger partial charge in [0.25, 0.3) is 6.01 Å². The van der Waals surface area contributed by atoms with Crippen LogP contribution in [0.4, 0.5) is 6.01 Å². The van der Waals surface area contributed by atoms with Gasteiger partial charge in [-0.2, -0.15) is 4.98 Å². The predicted octanol–water partition coefficient (Wildman–Crippen LogP) is 2.09. The Morgan fingerprint density at radius 2 is 2.30 bits per heavy atom. The van der Waals surface area contributed by atoms with Gasteiger partial charge in [-0.3, -0.25) is 0 Å². The number of nitrogens with one attached hydrogen (secondary N) is 1. The fourth-order valence-electron chi connectivity index (χ4n) is 2.67. The van der Waals surface area contributed by atoms with Crippen molar-refractivity contribution in [1.82, 2.24) is 19.7 Å². The van der Waals surface area contributed by atoms with Gasteiger partial charge < -0.3 is 14.3 Å². The molecule has 102 valence electrons. The molecule has 0 radical (unpaired) electrons. The molecule has 0 saturated heterocycles. The van der Waals surface area contributed by atoms with Gasteiger partial charge in [-0.25, -0.2) is 0 Å². The van der Waals surface area contributed by atoms with Gasteiger partial charge in [0.15, 0.2) is 5.58 Å². The zero-order valence-corrected chi connectivity index (χ0v) is 11.0. The Labute approximate surface area is 115 Å². The number of hydrogen-bond donors (Lipinski definition) is 1. The van der Waals surface area contributed by atoms with E-state index in [9.17, 15) is 0 Å². The van der Waals surface area contributed by atoms with Crippen molar-refractivity contribution in [3.8, 4) is 0 Å². The minimum Gasteiger partial charge on any atom is -0.424 e. The smallest absolute Gasteiger partial charge is 0.295 e. The summed E-state index contributed by atoms with van der Waals surface area (Å²) in [5.41, 5.74) is 1.71. The van der Waals surface area contributed by atoms with Crippen LogP contribution in [-0.2, 0) is 13.0 Å². The SMILES string of the molecule is c1ccc2oc(NCC3CCc4nncn4C3)nc2c1. The number of aromatic nitrogens is 4. The molecule has 1 aliphatic rings. The molecule has 1 aliphatic heterocycles. The molecule has 4 rings (SSSR count). The van der Waals surface area contributed by atoms with Gasteiger partial charge in [0.2, 0.25) is 0 Å². The van der Waals surface area contributed by atoms with Gasteiger partial charge in [-0.05, 0) is 24.5 Å². The van der Waals surface area contributed by atoms with Crippen LogP contribution in [0.1, 0.15) is 12.2 Å². The number of hydrogen-bond acceptors (Lipinski definition) is 5. The van der Waals surface area contributed by atoms with E-state index in [1.165, 1.54) is 0 Å². The number of benzene rings is 1. The molecule has 0 bridgehead atoms. The molecule has 1 N–H and O–H groups in total. The average Bonchev–Trinajstić information content (AvgIpc) is 3.10. The number of aryl methyl sites for hydroxylation is 1. The Kier molecular flexibility index (Phi) is 2.65. The van der Waals surface area contributed by atoms with E-state index in [-0.39, 0.29) is 0 Å². The lowest BCUT2D eigenvalue weighted by molar-refractivity contribution is 0.378. The van der Waals surface area contributed by atoms with Crippen LogP contribution < -0.4 is 5.32 Å². The van der Waals surface area contributed by atoms with Crippen molar-refractivity contribution in [3.63, 3.8) is 0 Å². The second-order valence-electron chi connectivity index (χ2n) is 5.17. The average molecular weight is 269 g/mol. The maximum atomic E-state index is 5.66. The third-order valence-corrected chi connectivity index (χ3v) is 3.76. The van der Waals surface area contributed by atoms with E-state index >= 15 is 0 Å². The zero-order chi connectivity index (χ0) is 13.4. The lowest BCUT2D eigenvalue weighted by atomic mass is 9.99. The number of nitrogens with zero attached hydrogens (tertiary/aromatic N) is 4. The third kappa shape index (κ3) is 2.03. The molecule has 3 aromatic rings. The van der Waals surface area contributed by atoms with Crippen LogP contribution in [0.5, 0.6) is 0 Å². The van der Waals surface area contributed by atoms with E-state index < -0.39 is 0 Å². The summed E-state index contributed by atoms with van der Waals surface area (Å²) in [5.74, 6) is 1.64. The Hall–Kier alpha value is -2.37. The van der Waals surface area contributed by atoms with Gasteiger partial charge in [-0.1, -0.05) is 12.1 Å². The second-order valence-corrected chi connectivity index (χ2v) is 5.17. The Bertz CT molecular complexity index is 699. The molecule has 0 saturated carbocycles. The highest BCUT2D eigenvalue weighted by molar-refractivity contribution is 5.74. The van der Waals surface area contributed by atoms with E-state index in [0.717, 1.165) is 42.9 Å². The summed E-state index contributed by atoms with van der Waals surface area (Å²) in [6.45, 7) is 1.81. The highest BCUT2D eigenvalue weighted by atomic mass is 16.4. The minimum atomic E-state index is 0.550. The summed E-state index contributed by atoms with van der Waals surface area (Å²) >= 11 is 0. The van der Waals surface area contributed by atoms with Crippen LogP contribution in [0, 0.1) is 5.92 Å². The van der Waals surface area contributed by atoms with E-state index in [1.807, 2.05) is 24.3 Å². The first-order valence-electron chi connectivity index (χ1n) is 6.84. The number of para-hydroxylation sites is 2.